The monoisotopic (exact) mass is 339 g/mol. The Morgan fingerprint density at radius 3 is 2.50 bits per heavy atom. The highest BCUT2D eigenvalue weighted by atomic mass is 15.3. The third-order valence-electron chi connectivity index (χ3n) is 4.89. The van der Waals surface area contributed by atoms with E-state index >= 15 is 0 Å². The third-order valence-corrected chi connectivity index (χ3v) is 4.89. The number of aromatic nitrogens is 4. The topological polar surface area (TPSA) is 54.8 Å². The quantitative estimate of drug-likeness (QED) is 0.570. The van der Waals surface area contributed by atoms with Gasteiger partial charge in [0.2, 0.25) is 0 Å². The maximum absolute atomic E-state index is 4.64. The summed E-state index contributed by atoms with van der Waals surface area (Å²) in [5.74, 6) is 1.30. The maximum atomic E-state index is 4.64. The number of hydrogen-bond donors (Lipinski definition) is 0. The van der Waals surface area contributed by atoms with E-state index in [4.69, 9.17) is 0 Å². The van der Waals surface area contributed by atoms with Gasteiger partial charge >= 0.3 is 0 Å². The van der Waals surface area contributed by atoms with Gasteiger partial charge in [-0.2, -0.15) is 5.10 Å². The molecule has 0 amide bonds. The van der Waals surface area contributed by atoms with Crippen LogP contribution < -0.4 is 4.90 Å². The molecule has 3 heterocycles. The average molecular weight is 339 g/mol. The van der Waals surface area contributed by atoms with Crippen LogP contribution in [0.4, 0.5) is 5.82 Å². The lowest BCUT2D eigenvalue weighted by Crippen LogP contribution is -2.46. The first-order valence-electron chi connectivity index (χ1n) is 8.72. The van der Waals surface area contributed by atoms with Crippen LogP contribution in [0.2, 0.25) is 0 Å². The Kier molecular flexibility index (Phi) is 3.56. The van der Waals surface area contributed by atoms with Crippen LogP contribution in [0.5, 0.6) is 0 Å². The molecule has 1 aliphatic heterocycles. The van der Waals surface area contributed by atoms with Crippen LogP contribution in [-0.2, 0) is 0 Å². The van der Waals surface area contributed by atoms with E-state index in [0.29, 0.717) is 5.92 Å². The lowest BCUT2D eigenvalue weighted by molar-refractivity contribution is 0.508. The molecule has 2 aromatic heterocycles. The summed E-state index contributed by atoms with van der Waals surface area (Å²) in [4.78, 5) is 11.5. The van der Waals surface area contributed by atoms with Crippen molar-refractivity contribution in [2.45, 2.75) is 5.92 Å². The summed E-state index contributed by atoms with van der Waals surface area (Å²) < 4.78 is 0. The number of fused-ring (bicyclic) bond motifs is 1. The lowest BCUT2D eigenvalue weighted by atomic mass is 9.92. The Bertz CT molecular complexity index is 1050. The van der Waals surface area contributed by atoms with Crippen molar-refractivity contribution in [3.63, 3.8) is 0 Å². The van der Waals surface area contributed by atoms with E-state index in [1.165, 1.54) is 0 Å². The van der Waals surface area contributed by atoms with Crippen LogP contribution >= 0.6 is 0 Å². The third kappa shape index (κ3) is 2.49. The number of rotatable bonds is 3. The highest BCUT2D eigenvalue weighted by Gasteiger charge is 2.33. The van der Waals surface area contributed by atoms with Gasteiger partial charge in [0, 0.05) is 47.7 Å². The minimum atomic E-state index is 0.347. The van der Waals surface area contributed by atoms with Crippen molar-refractivity contribution in [3.05, 3.63) is 78.9 Å². The van der Waals surface area contributed by atoms with Crippen molar-refractivity contribution < 1.29 is 0 Å². The Morgan fingerprint density at radius 2 is 1.62 bits per heavy atom. The second-order valence-corrected chi connectivity index (χ2v) is 6.51. The zero-order valence-corrected chi connectivity index (χ0v) is 14.2. The van der Waals surface area contributed by atoms with Crippen LogP contribution in [0.1, 0.15) is 11.6 Å². The van der Waals surface area contributed by atoms with E-state index < -0.39 is 0 Å². The van der Waals surface area contributed by atoms with E-state index in [9.17, 15) is 0 Å². The highest BCUT2D eigenvalue weighted by molar-refractivity contribution is 5.91. The van der Waals surface area contributed by atoms with Crippen molar-refractivity contribution >= 4 is 16.6 Å². The van der Waals surface area contributed by atoms with Crippen LogP contribution in [0.25, 0.3) is 22.0 Å². The molecule has 0 bridgehead atoms. The molecule has 0 unspecified atom stereocenters. The molecule has 0 radical (unpaired) electrons. The van der Waals surface area contributed by atoms with Gasteiger partial charge < -0.3 is 4.90 Å². The van der Waals surface area contributed by atoms with Gasteiger partial charge in [0.15, 0.2) is 5.82 Å². The first-order chi connectivity index (χ1) is 12.9. The van der Waals surface area contributed by atoms with E-state index in [0.717, 1.165) is 46.6 Å². The molecule has 1 aliphatic rings. The summed E-state index contributed by atoms with van der Waals surface area (Å²) in [7, 11) is 0. The van der Waals surface area contributed by atoms with E-state index in [1.807, 2.05) is 36.5 Å². The van der Waals surface area contributed by atoms with Gasteiger partial charge in [0.25, 0.3) is 0 Å². The van der Waals surface area contributed by atoms with Crippen LogP contribution in [-0.4, -0.2) is 33.3 Å². The normalized spacial score (nSPS) is 14.4. The first-order valence-corrected chi connectivity index (χ1v) is 8.72. The maximum Gasteiger partial charge on any atom is 0.159 e. The molecule has 0 aliphatic carbocycles. The second kappa shape index (κ2) is 6.19. The molecular weight excluding hydrogens is 322 g/mol. The predicted molar refractivity (Wildman–Crippen MR) is 102 cm³/mol. The first kappa shape index (κ1) is 15.0. The van der Waals surface area contributed by atoms with E-state index in [2.05, 4.69) is 49.3 Å². The van der Waals surface area contributed by atoms with Gasteiger partial charge in [-0.1, -0.05) is 54.6 Å². The fraction of sp³-hybridized carbons (Fsp3) is 0.143. The van der Waals surface area contributed by atoms with Crippen molar-refractivity contribution in [1.29, 1.82) is 0 Å². The molecule has 5 rings (SSSR count). The van der Waals surface area contributed by atoms with Crippen molar-refractivity contribution in [2.75, 3.05) is 18.0 Å². The summed E-state index contributed by atoms with van der Waals surface area (Å²) >= 11 is 0. The summed E-state index contributed by atoms with van der Waals surface area (Å²) in [6, 6.07) is 18.5. The van der Waals surface area contributed by atoms with Crippen molar-refractivity contribution in [2.24, 2.45) is 0 Å². The molecule has 0 spiro atoms. The average Bonchev–Trinajstić information content (AvgIpc) is 2.68. The molecule has 126 valence electrons. The predicted octanol–water partition coefficient (Wildman–Crippen LogP) is 3.69. The van der Waals surface area contributed by atoms with Gasteiger partial charge in [-0.25, -0.2) is 0 Å². The molecule has 5 heteroatoms. The SMILES string of the molecule is c1ccc(-c2nccnc2C2CN(c3nncc4ccccc34)C2)cc1. The molecule has 4 aromatic rings. The molecule has 1 fully saturated rings. The molecule has 0 atom stereocenters. The zero-order chi connectivity index (χ0) is 17.3. The molecular formula is C21H17N5. The molecule has 0 N–H and O–H groups in total. The molecule has 26 heavy (non-hydrogen) atoms. The Hall–Kier alpha value is -3.34. The largest absolute Gasteiger partial charge is 0.353 e. The van der Waals surface area contributed by atoms with Crippen LogP contribution in [0.3, 0.4) is 0 Å². The van der Waals surface area contributed by atoms with Crippen LogP contribution in [0.15, 0.2) is 73.2 Å². The summed E-state index contributed by atoms with van der Waals surface area (Å²) in [6.45, 7) is 1.75. The Labute approximate surface area is 151 Å². The Balaban J connectivity index is 1.44. The lowest BCUT2D eigenvalue weighted by Gasteiger charge is -2.40. The number of hydrogen-bond acceptors (Lipinski definition) is 5. The molecule has 0 saturated carbocycles. The molecule has 5 nitrogen and oxygen atoms in total. The van der Waals surface area contributed by atoms with E-state index in [-0.39, 0.29) is 0 Å². The molecule has 1 saturated heterocycles. The minimum Gasteiger partial charge on any atom is -0.353 e. The highest BCUT2D eigenvalue weighted by Crippen LogP contribution is 2.36. The number of benzene rings is 2. The number of nitrogens with zero attached hydrogens (tertiary/aromatic N) is 5. The number of anilines is 1. The zero-order valence-electron chi connectivity index (χ0n) is 14.2. The standard InChI is InChI=1S/C21H17N5/c1-2-6-15(7-3-1)19-20(23-11-10-22-19)17-13-26(14-17)21-18-9-5-4-8-16(18)12-24-25-21/h1-12,17H,13-14H2. The summed E-state index contributed by atoms with van der Waals surface area (Å²) in [5.41, 5.74) is 3.14. The Morgan fingerprint density at radius 1 is 0.846 bits per heavy atom. The van der Waals surface area contributed by atoms with Crippen molar-refractivity contribution in [3.8, 4) is 11.3 Å². The smallest absolute Gasteiger partial charge is 0.159 e. The fourth-order valence-corrected chi connectivity index (χ4v) is 3.54. The van der Waals surface area contributed by atoms with E-state index in [1.54, 1.807) is 12.4 Å². The summed E-state index contributed by atoms with van der Waals surface area (Å²) in [5, 5.41) is 10.8. The van der Waals surface area contributed by atoms with Crippen LogP contribution in [0, 0.1) is 0 Å². The fourth-order valence-electron chi connectivity index (χ4n) is 3.54. The van der Waals surface area contributed by atoms with Gasteiger partial charge in [-0.3, -0.25) is 9.97 Å². The minimum absolute atomic E-state index is 0.347. The van der Waals surface area contributed by atoms with Gasteiger partial charge in [0.1, 0.15) is 0 Å². The van der Waals surface area contributed by atoms with Gasteiger partial charge in [-0.15, -0.1) is 5.10 Å². The summed E-state index contributed by atoms with van der Waals surface area (Å²) in [6.07, 6.45) is 5.35. The van der Waals surface area contributed by atoms with Crippen molar-refractivity contribution in [1.82, 2.24) is 20.2 Å². The second-order valence-electron chi connectivity index (χ2n) is 6.51. The molecule has 2 aromatic carbocycles. The van der Waals surface area contributed by atoms with Gasteiger partial charge in [0.05, 0.1) is 17.6 Å². The van der Waals surface area contributed by atoms with Gasteiger partial charge in [-0.05, 0) is 0 Å².